The Hall–Kier alpha value is -4.13. The topological polar surface area (TPSA) is 148 Å². The smallest absolute Gasteiger partial charge is 0.338 e. The van der Waals surface area contributed by atoms with Crippen LogP contribution < -0.4 is 14.8 Å². The van der Waals surface area contributed by atoms with Gasteiger partial charge >= 0.3 is 5.97 Å². The van der Waals surface area contributed by atoms with Gasteiger partial charge in [0.2, 0.25) is 0 Å². The Balaban J connectivity index is 1.58. The van der Waals surface area contributed by atoms with E-state index in [1.54, 1.807) is 29.8 Å². The van der Waals surface area contributed by atoms with Crippen molar-refractivity contribution in [2.24, 2.45) is 7.05 Å². The second-order valence-corrected chi connectivity index (χ2v) is 7.82. The van der Waals surface area contributed by atoms with E-state index in [1.807, 2.05) is 0 Å². The minimum atomic E-state index is -0.862. The van der Waals surface area contributed by atoms with Crippen molar-refractivity contribution in [2.45, 2.75) is 16.6 Å². The first-order valence-corrected chi connectivity index (χ1v) is 10.6. The Kier molecular flexibility index (Phi) is 8.03. The summed E-state index contributed by atoms with van der Waals surface area (Å²) in [4.78, 5) is 35.6. The Labute approximate surface area is 198 Å². The van der Waals surface area contributed by atoms with Gasteiger partial charge in [0.05, 0.1) is 29.6 Å². The van der Waals surface area contributed by atoms with Crippen LogP contribution >= 0.6 is 11.8 Å². The predicted octanol–water partition coefficient (Wildman–Crippen LogP) is 2.36. The summed E-state index contributed by atoms with van der Waals surface area (Å²) in [7, 11) is 4.73. The number of ether oxygens (including phenoxy) is 3. The lowest BCUT2D eigenvalue weighted by atomic mass is 10.2. The summed E-state index contributed by atoms with van der Waals surface area (Å²) >= 11 is 1.04. The number of hydrogen-bond acceptors (Lipinski definition) is 10. The highest BCUT2D eigenvalue weighted by atomic mass is 32.2. The number of esters is 1. The summed E-state index contributed by atoms with van der Waals surface area (Å²) in [5.74, 6) is -0.323. The maximum atomic E-state index is 12.3. The molecule has 0 saturated carbocycles. The molecule has 2 aromatic carbocycles. The van der Waals surface area contributed by atoms with Gasteiger partial charge in [0, 0.05) is 19.7 Å². The predicted molar refractivity (Wildman–Crippen MR) is 120 cm³/mol. The number of carbonyl (C=O) groups excluding carboxylic acids is 2. The van der Waals surface area contributed by atoms with Crippen LogP contribution in [0.15, 0.2) is 52.8 Å². The number of amides is 1. The number of benzene rings is 2. The first-order valence-electron chi connectivity index (χ1n) is 9.77. The van der Waals surface area contributed by atoms with Gasteiger partial charge in [-0.25, -0.2) is 4.79 Å². The Morgan fingerprint density at radius 3 is 2.56 bits per heavy atom. The molecule has 0 atom stereocenters. The maximum Gasteiger partial charge on any atom is 0.338 e. The van der Waals surface area contributed by atoms with Crippen LogP contribution in [-0.2, 0) is 23.1 Å². The summed E-state index contributed by atoms with van der Waals surface area (Å²) in [5.41, 5.74) is 0.408. The van der Waals surface area contributed by atoms with Crippen LogP contribution in [0.1, 0.15) is 15.9 Å². The molecule has 0 aliphatic carbocycles. The SMILES string of the molecule is COc1ccc(CNC(=O)COC(=O)c2ccc(Sc3nncn3C)c([N+](=O)[O-])c2)cc1OC. The van der Waals surface area contributed by atoms with Crippen LogP contribution in [0.25, 0.3) is 0 Å². The summed E-state index contributed by atoms with van der Waals surface area (Å²) < 4.78 is 17.0. The van der Waals surface area contributed by atoms with Gasteiger partial charge in [-0.1, -0.05) is 6.07 Å². The van der Waals surface area contributed by atoms with Crippen molar-refractivity contribution in [1.29, 1.82) is 0 Å². The number of carbonyl (C=O) groups is 2. The van der Waals surface area contributed by atoms with Crippen LogP contribution in [0.2, 0.25) is 0 Å². The second-order valence-electron chi connectivity index (χ2n) is 6.81. The normalized spacial score (nSPS) is 10.4. The first-order chi connectivity index (χ1) is 16.3. The molecule has 1 amide bonds. The zero-order valence-corrected chi connectivity index (χ0v) is 19.3. The van der Waals surface area contributed by atoms with E-state index in [1.165, 1.54) is 32.7 Å². The van der Waals surface area contributed by atoms with Crippen LogP contribution in [0.4, 0.5) is 5.69 Å². The molecule has 1 aromatic heterocycles. The molecular formula is C21H21N5O7S. The second kappa shape index (κ2) is 11.1. The van der Waals surface area contributed by atoms with Crippen molar-refractivity contribution in [2.75, 3.05) is 20.8 Å². The van der Waals surface area contributed by atoms with E-state index in [0.717, 1.165) is 23.4 Å². The van der Waals surface area contributed by atoms with Crippen molar-refractivity contribution in [3.05, 3.63) is 64.0 Å². The summed E-state index contributed by atoms with van der Waals surface area (Å²) in [5, 5.41) is 22.2. The van der Waals surface area contributed by atoms with E-state index in [-0.39, 0.29) is 22.7 Å². The average molecular weight is 487 g/mol. The number of nitrogens with one attached hydrogen (secondary N) is 1. The van der Waals surface area contributed by atoms with Crippen molar-refractivity contribution in [3.63, 3.8) is 0 Å². The molecule has 0 bridgehead atoms. The largest absolute Gasteiger partial charge is 0.493 e. The lowest BCUT2D eigenvalue weighted by Gasteiger charge is -2.10. The fourth-order valence-corrected chi connectivity index (χ4v) is 3.64. The van der Waals surface area contributed by atoms with E-state index in [9.17, 15) is 19.7 Å². The number of aryl methyl sites for hydroxylation is 1. The van der Waals surface area contributed by atoms with E-state index >= 15 is 0 Å². The lowest BCUT2D eigenvalue weighted by Crippen LogP contribution is -2.28. The molecule has 13 heteroatoms. The molecular weight excluding hydrogens is 466 g/mol. The van der Waals surface area contributed by atoms with E-state index in [0.29, 0.717) is 16.7 Å². The number of aromatic nitrogens is 3. The molecule has 1 N–H and O–H groups in total. The molecule has 3 aromatic rings. The van der Waals surface area contributed by atoms with Gasteiger partial charge in [0.1, 0.15) is 6.33 Å². The molecule has 178 valence electrons. The fourth-order valence-electron chi connectivity index (χ4n) is 2.79. The monoisotopic (exact) mass is 487 g/mol. The highest BCUT2D eigenvalue weighted by molar-refractivity contribution is 7.99. The third-order valence-electron chi connectivity index (χ3n) is 4.53. The Bertz CT molecular complexity index is 1210. The molecule has 0 spiro atoms. The van der Waals surface area contributed by atoms with Gasteiger partial charge in [0.25, 0.3) is 11.6 Å². The van der Waals surface area contributed by atoms with E-state index in [4.69, 9.17) is 14.2 Å². The number of rotatable bonds is 10. The molecule has 12 nitrogen and oxygen atoms in total. The third-order valence-corrected chi connectivity index (χ3v) is 5.65. The van der Waals surface area contributed by atoms with Crippen molar-refractivity contribution < 1.29 is 28.7 Å². The molecule has 0 saturated heterocycles. The van der Waals surface area contributed by atoms with Crippen molar-refractivity contribution in [3.8, 4) is 11.5 Å². The highest BCUT2D eigenvalue weighted by Crippen LogP contribution is 2.34. The quantitative estimate of drug-likeness (QED) is 0.257. The molecule has 0 aliphatic rings. The van der Waals surface area contributed by atoms with Gasteiger partial charge < -0.3 is 24.1 Å². The number of nitro groups is 1. The maximum absolute atomic E-state index is 12.3. The van der Waals surface area contributed by atoms with E-state index < -0.39 is 23.4 Å². The van der Waals surface area contributed by atoms with Crippen LogP contribution in [0.3, 0.4) is 0 Å². The summed E-state index contributed by atoms with van der Waals surface area (Å²) in [6, 6.07) is 9.08. The minimum Gasteiger partial charge on any atom is -0.493 e. The lowest BCUT2D eigenvalue weighted by molar-refractivity contribution is -0.387. The molecule has 34 heavy (non-hydrogen) atoms. The van der Waals surface area contributed by atoms with Gasteiger partial charge in [-0.05, 0) is 41.6 Å². The molecule has 0 fully saturated rings. The van der Waals surface area contributed by atoms with Crippen molar-refractivity contribution in [1.82, 2.24) is 20.1 Å². The zero-order chi connectivity index (χ0) is 24.7. The molecule has 0 radical (unpaired) electrons. The highest BCUT2D eigenvalue weighted by Gasteiger charge is 2.21. The molecule has 3 rings (SSSR count). The van der Waals surface area contributed by atoms with Crippen LogP contribution in [-0.4, -0.2) is 52.4 Å². The summed E-state index contributed by atoms with van der Waals surface area (Å²) in [6.45, 7) is -0.370. The third kappa shape index (κ3) is 6.01. The van der Waals surface area contributed by atoms with Gasteiger partial charge in [0.15, 0.2) is 23.3 Å². The van der Waals surface area contributed by atoms with Gasteiger partial charge in [-0.2, -0.15) is 0 Å². The fraction of sp³-hybridized carbons (Fsp3) is 0.238. The minimum absolute atomic E-state index is 0.0540. The van der Waals surface area contributed by atoms with Gasteiger partial charge in [-0.3, -0.25) is 14.9 Å². The zero-order valence-electron chi connectivity index (χ0n) is 18.5. The number of hydrogen-bond donors (Lipinski definition) is 1. The van der Waals surface area contributed by atoms with Gasteiger partial charge in [-0.15, -0.1) is 10.2 Å². The Morgan fingerprint density at radius 2 is 1.91 bits per heavy atom. The number of nitro benzene ring substituents is 1. The van der Waals surface area contributed by atoms with Crippen LogP contribution in [0, 0.1) is 10.1 Å². The number of methoxy groups -OCH3 is 2. The summed E-state index contributed by atoms with van der Waals surface area (Å²) in [6.07, 6.45) is 1.47. The number of nitrogens with zero attached hydrogens (tertiary/aromatic N) is 4. The molecule has 0 unspecified atom stereocenters. The van der Waals surface area contributed by atoms with Crippen LogP contribution in [0.5, 0.6) is 11.5 Å². The van der Waals surface area contributed by atoms with E-state index in [2.05, 4.69) is 15.5 Å². The van der Waals surface area contributed by atoms with Crippen molar-refractivity contribution >= 4 is 29.3 Å². The average Bonchev–Trinajstić information content (AvgIpc) is 3.25. The molecule has 0 aliphatic heterocycles. The Morgan fingerprint density at radius 1 is 1.15 bits per heavy atom. The first kappa shape index (κ1) is 24.5. The standard InChI is InChI=1S/C21H21N5O7S/c1-25-12-23-24-21(25)34-18-7-5-14(9-15(18)26(29)30)20(28)33-11-19(27)22-10-13-4-6-16(31-2)17(8-13)32-3/h4-9,12H,10-11H2,1-3H3,(H,22,27). The molecule has 1 heterocycles.